The van der Waals surface area contributed by atoms with Crippen molar-refractivity contribution in [1.82, 2.24) is 10.3 Å². The summed E-state index contributed by atoms with van der Waals surface area (Å²) in [5, 5.41) is 6.53. The number of amides is 2. The van der Waals surface area contributed by atoms with E-state index in [-0.39, 0.29) is 35.9 Å². The lowest BCUT2D eigenvalue weighted by Gasteiger charge is -2.45. The summed E-state index contributed by atoms with van der Waals surface area (Å²) in [6, 6.07) is 11.6. The Hall–Kier alpha value is -2.89. The van der Waals surface area contributed by atoms with Crippen molar-refractivity contribution < 1.29 is 9.59 Å². The van der Waals surface area contributed by atoms with Crippen LogP contribution in [0.2, 0.25) is 0 Å². The Balaban J connectivity index is 2.10. The second-order valence-electron chi connectivity index (χ2n) is 8.41. The fourth-order valence-corrected chi connectivity index (χ4v) is 4.38. The second kappa shape index (κ2) is 8.86. The molecule has 1 aromatic carbocycles. The molecule has 2 N–H and O–H groups in total. The van der Waals surface area contributed by atoms with E-state index in [1.165, 1.54) is 0 Å². The van der Waals surface area contributed by atoms with Crippen molar-refractivity contribution in [2.75, 3.05) is 10.2 Å². The molecule has 1 aliphatic heterocycles. The lowest BCUT2D eigenvalue weighted by atomic mass is 9.80. The zero-order valence-corrected chi connectivity index (χ0v) is 18.7. The number of aromatic nitrogens is 1. The number of carbonyl (C=O) groups excluding carboxylic acids is 2. The number of nitrogens with zero attached hydrogens (tertiary/aromatic N) is 2. The molecule has 0 fully saturated rings. The van der Waals surface area contributed by atoms with E-state index in [0.29, 0.717) is 5.56 Å². The van der Waals surface area contributed by atoms with Crippen LogP contribution in [-0.2, 0) is 4.79 Å². The summed E-state index contributed by atoms with van der Waals surface area (Å²) in [7, 11) is 0. The van der Waals surface area contributed by atoms with Gasteiger partial charge in [0.2, 0.25) is 5.91 Å². The Morgan fingerprint density at radius 2 is 1.93 bits per heavy atom. The minimum Gasteiger partial charge on any atom is -0.363 e. The van der Waals surface area contributed by atoms with Gasteiger partial charge in [0.05, 0.1) is 6.04 Å². The number of hydrogen-bond acceptors (Lipinski definition) is 4. The highest BCUT2D eigenvalue weighted by atomic mass is 16.2. The maximum absolute atomic E-state index is 12.6. The highest BCUT2D eigenvalue weighted by Gasteiger charge is 2.40. The number of benzene rings is 1. The zero-order chi connectivity index (χ0) is 22.0. The Morgan fingerprint density at radius 3 is 2.53 bits per heavy atom. The van der Waals surface area contributed by atoms with E-state index in [2.05, 4.69) is 29.5 Å². The van der Waals surface area contributed by atoms with Gasteiger partial charge in [-0.15, -0.1) is 0 Å². The van der Waals surface area contributed by atoms with Gasteiger partial charge in [0.25, 0.3) is 5.91 Å². The lowest BCUT2D eigenvalue weighted by molar-refractivity contribution is -0.117. The van der Waals surface area contributed by atoms with Crippen molar-refractivity contribution in [2.24, 2.45) is 5.92 Å². The van der Waals surface area contributed by atoms with Gasteiger partial charge < -0.3 is 15.5 Å². The Kier molecular flexibility index (Phi) is 6.44. The highest BCUT2D eigenvalue weighted by molar-refractivity contribution is 5.98. The molecule has 3 rings (SSSR count). The molecule has 0 aliphatic carbocycles. The van der Waals surface area contributed by atoms with Crippen LogP contribution in [0.15, 0.2) is 36.4 Å². The van der Waals surface area contributed by atoms with E-state index in [9.17, 15) is 9.59 Å². The molecule has 2 heterocycles. The number of fused-ring (bicyclic) bond motifs is 1. The van der Waals surface area contributed by atoms with Gasteiger partial charge in [0, 0.05) is 41.9 Å². The molecule has 2 aromatic rings. The number of rotatable bonds is 5. The largest absolute Gasteiger partial charge is 0.363 e. The molecule has 0 radical (unpaired) electrons. The van der Waals surface area contributed by atoms with Crippen LogP contribution in [0.3, 0.4) is 0 Å². The Labute approximate surface area is 179 Å². The second-order valence-corrected chi connectivity index (χ2v) is 8.41. The monoisotopic (exact) mass is 408 g/mol. The predicted molar refractivity (Wildman–Crippen MR) is 121 cm³/mol. The fraction of sp³-hybridized carbons (Fsp3) is 0.458. The van der Waals surface area contributed by atoms with Gasteiger partial charge >= 0.3 is 0 Å². The first-order chi connectivity index (χ1) is 14.2. The summed E-state index contributed by atoms with van der Waals surface area (Å²) in [4.78, 5) is 31.7. The summed E-state index contributed by atoms with van der Waals surface area (Å²) in [6.07, 6.45) is 0.842. The minimum atomic E-state index is -0.111. The smallest absolute Gasteiger partial charge is 0.251 e. The quantitative estimate of drug-likeness (QED) is 0.766. The van der Waals surface area contributed by atoms with Crippen molar-refractivity contribution >= 4 is 23.3 Å². The molecule has 0 saturated carbocycles. The normalized spacial score (nSPS) is 20.6. The number of anilines is 2. The van der Waals surface area contributed by atoms with Gasteiger partial charge in [-0.05, 0) is 63.1 Å². The SMILES string of the molecule is CC[C@H]1[C@H](C)[C@@H](Nc2cccc(C)n2)c2cc(C(=O)NC(C)C)ccc2N1C(C)=O. The van der Waals surface area contributed by atoms with E-state index < -0.39 is 0 Å². The van der Waals surface area contributed by atoms with Crippen LogP contribution in [0.5, 0.6) is 0 Å². The average Bonchev–Trinajstić information content (AvgIpc) is 2.68. The van der Waals surface area contributed by atoms with E-state index in [1.807, 2.05) is 56.0 Å². The first kappa shape index (κ1) is 21.8. The summed E-state index contributed by atoms with van der Waals surface area (Å²) in [5.41, 5.74) is 3.34. The topological polar surface area (TPSA) is 74.3 Å². The summed E-state index contributed by atoms with van der Waals surface area (Å²) in [6.45, 7) is 11.7. The van der Waals surface area contributed by atoms with Crippen LogP contribution >= 0.6 is 0 Å². The molecule has 6 heteroatoms. The number of aryl methyl sites for hydroxylation is 1. The molecule has 0 saturated heterocycles. The van der Waals surface area contributed by atoms with Crippen LogP contribution in [0.25, 0.3) is 0 Å². The van der Waals surface area contributed by atoms with Crippen molar-refractivity contribution in [3.8, 4) is 0 Å². The van der Waals surface area contributed by atoms with Gasteiger partial charge in [0.1, 0.15) is 5.82 Å². The van der Waals surface area contributed by atoms with E-state index in [4.69, 9.17) is 0 Å². The first-order valence-corrected chi connectivity index (χ1v) is 10.7. The molecule has 3 atom stereocenters. The molecule has 2 amide bonds. The number of hydrogen-bond donors (Lipinski definition) is 2. The number of nitrogens with one attached hydrogen (secondary N) is 2. The Bertz CT molecular complexity index is 941. The molecule has 1 aliphatic rings. The molecule has 0 unspecified atom stereocenters. The number of pyridine rings is 1. The summed E-state index contributed by atoms with van der Waals surface area (Å²) in [5.74, 6) is 0.833. The molecular formula is C24H32N4O2. The Morgan fingerprint density at radius 1 is 1.20 bits per heavy atom. The third kappa shape index (κ3) is 4.32. The van der Waals surface area contributed by atoms with Gasteiger partial charge in [-0.25, -0.2) is 4.98 Å². The standard InChI is InChI=1S/C24H32N4O2/c1-7-20-16(5)23(27-22-10-8-9-15(4)26-22)19-13-18(24(30)25-14(2)3)11-12-21(19)28(20)17(6)29/h8-14,16,20,23H,7H2,1-6H3,(H,25,30)(H,26,27)/t16-,20-,23+/m0/s1. The first-order valence-electron chi connectivity index (χ1n) is 10.7. The van der Waals surface area contributed by atoms with Gasteiger partial charge in [-0.3, -0.25) is 9.59 Å². The van der Waals surface area contributed by atoms with Crippen molar-refractivity contribution in [3.63, 3.8) is 0 Å². The van der Waals surface area contributed by atoms with Crippen LogP contribution in [0, 0.1) is 12.8 Å². The van der Waals surface area contributed by atoms with E-state index >= 15 is 0 Å². The minimum absolute atomic E-state index is 0.0152. The molecule has 160 valence electrons. The number of carbonyl (C=O) groups is 2. The maximum Gasteiger partial charge on any atom is 0.251 e. The molecule has 0 spiro atoms. The molecule has 0 bridgehead atoms. The van der Waals surface area contributed by atoms with Crippen LogP contribution in [-0.4, -0.2) is 28.9 Å². The molecule has 30 heavy (non-hydrogen) atoms. The van der Waals surface area contributed by atoms with Crippen molar-refractivity contribution in [1.29, 1.82) is 0 Å². The average molecular weight is 409 g/mol. The van der Waals surface area contributed by atoms with Crippen LogP contribution < -0.4 is 15.5 Å². The highest BCUT2D eigenvalue weighted by Crippen LogP contribution is 2.43. The summed E-state index contributed by atoms with van der Waals surface area (Å²) >= 11 is 0. The third-order valence-corrected chi connectivity index (χ3v) is 5.72. The van der Waals surface area contributed by atoms with Crippen molar-refractivity contribution in [3.05, 3.63) is 53.2 Å². The summed E-state index contributed by atoms with van der Waals surface area (Å²) < 4.78 is 0. The van der Waals surface area contributed by atoms with Gasteiger partial charge in [0.15, 0.2) is 0 Å². The zero-order valence-electron chi connectivity index (χ0n) is 18.7. The lowest BCUT2D eigenvalue weighted by Crippen LogP contribution is -2.49. The van der Waals surface area contributed by atoms with Gasteiger partial charge in [-0.2, -0.15) is 0 Å². The van der Waals surface area contributed by atoms with Gasteiger partial charge in [-0.1, -0.05) is 19.9 Å². The van der Waals surface area contributed by atoms with E-state index in [1.54, 1.807) is 13.0 Å². The predicted octanol–water partition coefficient (Wildman–Crippen LogP) is 4.46. The third-order valence-electron chi connectivity index (χ3n) is 5.72. The van der Waals surface area contributed by atoms with Crippen LogP contribution in [0.1, 0.15) is 68.7 Å². The van der Waals surface area contributed by atoms with E-state index in [0.717, 1.165) is 29.2 Å². The van der Waals surface area contributed by atoms with Crippen LogP contribution in [0.4, 0.5) is 11.5 Å². The molecule has 6 nitrogen and oxygen atoms in total. The maximum atomic E-state index is 12.6. The fourth-order valence-electron chi connectivity index (χ4n) is 4.38. The molecule has 1 aromatic heterocycles. The van der Waals surface area contributed by atoms with Crippen molar-refractivity contribution in [2.45, 2.75) is 66.1 Å². The molecular weight excluding hydrogens is 376 g/mol.